The van der Waals surface area contributed by atoms with E-state index in [1.165, 1.54) is 4.57 Å². The maximum Gasteiger partial charge on any atom is 0.329 e. The number of aromatic nitrogens is 5. The zero-order valence-corrected chi connectivity index (χ0v) is 16.0. The molecule has 27 heavy (non-hydrogen) atoms. The first-order valence-electron chi connectivity index (χ1n) is 8.54. The highest BCUT2D eigenvalue weighted by Gasteiger charge is 2.17. The Morgan fingerprint density at radius 2 is 2.04 bits per heavy atom. The summed E-state index contributed by atoms with van der Waals surface area (Å²) in [5.74, 6) is 0.624. The predicted octanol–water partition coefficient (Wildman–Crippen LogP) is 2.06. The Hall–Kier alpha value is -3.00. The maximum atomic E-state index is 12.3. The molecule has 0 aliphatic heterocycles. The Morgan fingerprint density at radius 1 is 1.26 bits per heavy atom. The number of nitrogens with zero attached hydrogens (tertiary/aromatic N) is 4. The van der Waals surface area contributed by atoms with Gasteiger partial charge < -0.3 is 9.88 Å². The van der Waals surface area contributed by atoms with Crippen LogP contribution in [0.2, 0.25) is 5.02 Å². The van der Waals surface area contributed by atoms with Gasteiger partial charge in [-0.2, -0.15) is 4.98 Å². The van der Waals surface area contributed by atoms with Crippen molar-refractivity contribution < 1.29 is 0 Å². The summed E-state index contributed by atoms with van der Waals surface area (Å²) in [7, 11) is 1.59. The van der Waals surface area contributed by atoms with Gasteiger partial charge in [-0.15, -0.1) is 0 Å². The molecule has 4 aromatic rings. The van der Waals surface area contributed by atoms with Gasteiger partial charge in [0.1, 0.15) is 0 Å². The lowest BCUT2D eigenvalue weighted by Crippen LogP contribution is -2.28. The van der Waals surface area contributed by atoms with Crippen LogP contribution < -0.4 is 16.6 Å². The molecule has 140 valence electrons. The van der Waals surface area contributed by atoms with Crippen molar-refractivity contribution in [2.24, 2.45) is 7.05 Å². The third kappa shape index (κ3) is 2.73. The van der Waals surface area contributed by atoms with E-state index >= 15 is 0 Å². The molecule has 0 atom stereocenters. The molecule has 4 rings (SSSR count). The highest BCUT2D eigenvalue weighted by atomic mass is 35.5. The molecule has 0 spiro atoms. The number of H-pyrrole nitrogens is 1. The van der Waals surface area contributed by atoms with Crippen LogP contribution in [0.5, 0.6) is 0 Å². The topological polar surface area (TPSA) is 89.1 Å². The summed E-state index contributed by atoms with van der Waals surface area (Å²) in [6.07, 6.45) is 1.86. The molecule has 0 aliphatic rings. The van der Waals surface area contributed by atoms with Gasteiger partial charge in [0.05, 0.1) is 0 Å². The monoisotopic (exact) mass is 386 g/mol. The Bertz CT molecular complexity index is 1290. The Labute approximate surface area is 159 Å². The van der Waals surface area contributed by atoms with Crippen LogP contribution in [0.25, 0.3) is 16.9 Å². The second-order valence-corrected chi connectivity index (χ2v) is 6.94. The summed E-state index contributed by atoms with van der Waals surface area (Å²) in [6, 6.07) is 5.75. The molecule has 1 aromatic carbocycles. The van der Waals surface area contributed by atoms with Gasteiger partial charge in [0, 0.05) is 42.7 Å². The number of hydrogen-bond acceptors (Lipinski definition) is 4. The predicted molar refractivity (Wildman–Crippen MR) is 106 cm³/mol. The van der Waals surface area contributed by atoms with Crippen LogP contribution in [0, 0.1) is 13.8 Å². The van der Waals surface area contributed by atoms with Gasteiger partial charge in [-0.1, -0.05) is 17.7 Å². The highest BCUT2D eigenvalue weighted by molar-refractivity contribution is 6.31. The molecule has 0 saturated heterocycles. The smallest absolute Gasteiger partial charge is 0.329 e. The standard InChI is InChI=1S/C18H19ClN6O2/c1-10-9-25-14-15(23(3)18(27)22-16(14)26)21-17(25)24(10)8-7-20-13-6-4-5-12(19)11(13)2/h4-6,9,20H,7-8H2,1-3H3,(H,22,26,27). The third-order valence-corrected chi connectivity index (χ3v) is 5.24. The van der Waals surface area contributed by atoms with Crippen molar-refractivity contribution in [3.8, 4) is 0 Å². The van der Waals surface area contributed by atoms with Crippen molar-refractivity contribution >= 4 is 34.2 Å². The first-order valence-corrected chi connectivity index (χ1v) is 8.92. The van der Waals surface area contributed by atoms with Gasteiger partial charge in [-0.05, 0) is 31.5 Å². The van der Waals surface area contributed by atoms with Crippen LogP contribution in [-0.2, 0) is 13.6 Å². The fourth-order valence-electron chi connectivity index (χ4n) is 3.30. The van der Waals surface area contributed by atoms with Gasteiger partial charge in [-0.25, -0.2) is 4.79 Å². The quantitative estimate of drug-likeness (QED) is 0.562. The van der Waals surface area contributed by atoms with Crippen molar-refractivity contribution in [1.29, 1.82) is 0 Å². The number of hydrogen-bond donors (Lipinski definition) is 2. The largest absolute Gasteiger partial charge is 0.383 e. The molecule has 2 N–H and O–H groups in total. The second kappa shape index (κ2) is 6.31. The molecular formula is C18H19ClN6O2. The molecular weight excluding hydrogens is 368 g/mol. The Balaban J connectivity index is 1.71. The minimum Gasteiger partial charge on any atom is -0.383 e. The molecule has 0 fully saturated rings. The lowest BCUT2D eigenvalue weighted by Gasteiger charge is -2.12. The van der Waals surface area contributed by atoms with Gasteiger partial charge in [0.2, 0.25) is 5.78 Å². The van der Waals surface area contributed by atoms with E-state index < -0.39 is 11.2 Å². The van der Waals surface area contributed by atoms with Crippen LogP contribution >= 0.6 is 11.6 Å². The molecule has 0 radical (unpaired) electrons. The third-order valence-electron chi connectivity index (χ3n) is 4.83. The van der Waals surface area contributed by atoms with E-state index in [2.05, 4.69) is 15.3 Å². The molecule has 0 aliphatic carbocycles. The van der Waals surface area contributed by atoms with Crippen LogP contribution in [0.15, 0.2) is 34.0 Å². The molecule has 3 aromatic heterocycles. The molecule has 8 nitrogen and oxygen atoms in total. The number of aromatic amines is 1. The fourth-order valence-corrected chi connectivity index (χ4v) is 3.47. The zero-order valence-electron chi connectivity index (χ0n) is 15.2. The number of rotatable bonds is 4. The summed E-state index contributed by atoms with van der Waals surface area (Å²) in [6.45, 7) is 5.23. The molecule has 9 heteroatoms. The van der Waals surface area contributed by atoms with Crippen molar-refractivity contribution in [3.63, 3.8) is 0 Å². The normalized spacial score (nSPS) is 11.6. The average Bonchev–Trinajstić information content (AvgIpc) is 3.13. The van der Waals surface area contributed by atoms with E-state index in [1.807, 2.05) is 42.8 Å². The van der Waals surface area contributed by atoms with E-state index in [9.17, 15) is 9.59 Å². The fraction of sp³-hybridized carbons (Fsp3) is 0.278. The summed E-state index contributed by atoms with van der Waals surface area (Å²) in [5, 5.41) is 4.11. The van der Waals surface area contributed by atoms with E-state index in [-0.39, 0.29) is 0 Å². The SMILES string of the molecule is Cc1c(Cl)cccc1NCCn1c(C)cn2c3c(=O)[nH]c(=O)n(C)c3nc12. The van der Waals surface area contributed by atoms with E-state index in [0.29, 0.717) is 30.0 Å². The minimum absolute atomic E-state index is 0.367. The zero-order chi connectivity index (χ0) is 19.3. The molecule has 0 saturated carbocycles. The van der Waals surface area contributed by atoms with Crippen LogP contribution in [-0.4, -0.2) is 30.0 Å². The van der Waals surface area contributed by atoms with Gasteiger partial charge >= 0.3 is 5.69 Å². The first kappa shape index (κ1) is 17.4. The van der Waals surface area contributed by atoms with Crippen molar-refractivity contribution in [1.82, 2.24) is 23.5 Å². The number of fused-ring (bicyclic) bond motifs is 3. The molecule has 0 amide bonds. The lowest BCUT2D eigenvalue weighted by molar-refractivity contribution is 0.724. The van der Waals surface area contributed by atoms with Gasteiger partial charge in [0.25, 0.3) is 5.56 Å². The van der Waals surface area contributed by atoms with E-state index in [4.69, 9.17) is 11.6 Å². The number of benzene rings is 1. The van der Waals surface area contributed by atoms with E-state index in [0.717, 1.165) is 22.0 Å². The van der Waals surface area contributed by atoms with Crippen LogP contribution in [0.4, 0.5) is 5.69 Å². The van der Waals surface area contributed by atoms with Gasteiger partial charge in [-0.3, -0.25) is 18.7 Å². The van der Waals surface area contributed by atoms with Crippen molar-refractivity contribution in [2.75, 3.05) is 11.9 Å². The lowest BCUT2D eigenvalue weighted by atomic mass is 10.2. The maximum absolute atomic E-state index is 12.3. The number of imidazole rings is 2. The first-order chi connectivity index (χ1) is 12.9. The molecule has 0 unspecified atom stereocenters. The molecule has 3 heterocycles. The van der Waals surface area contributed by atoms with Gasteiger partial charge in [0.15, 0.2) is 11.2 Å². The summed E-state index contributed by atoms with van der Waals surface area (Å²) >= 11 is 6.16. The summed E-state index contributed by atoms with van der Waals surface area (Å²) < 4.78 is 5.08. The number of nitrogens with one attached hydrogen (secondary N) is 2. The van der Waals surface area contributed by atoms with Crippen molar-refractivity contribution in [2.45, 2.75) is 20.4 Å². The summed E-state index contributed by atoms with van der Waals surface area (Å²) in [5.41, 5.74) is 2.77. The second-order valence-electron chi connectivity index (χ2n) is 6.53. The minimum atomic E-state index is -0.477. The molecule has 0 bridgehead atoms. The number of anilines is 1. The highest BCUT2D eigenvalue weighted by Crippen LogP contribution is 2.23. The average molecular weight is 387 g/mol. The Morgan fingerprint density at radius 3 is 2.81 bits per heavy atom. The summed E-state index contributed by atoms with van der Waals surface area (Å²) in [4.78, 5) is 30.9. The van der Waals surface area contributed by atoms with Crippen LogP contribution in [0.1, 0.15) is 11.3 Å². The number of halogens is 1. The van der Waals surface area contributed by atoms with E-state index in [1.54, 1.807) is 11.4 Å². The van der Waals surface area contributed by atoms with Crippen LogP contribution in [0.3, 0.4) is 0 Å². The Kier molecular flexibility index (Phi) is 4.07. The van der Waals surface area contributed by atoms with Crippen molar-refractivity contribution in [3.05, 3.63) is 61.5 Å². The number of aryl methyl sites for hydroxylation is 2.